The van der Waals surface area contributed by atoms with Gasteiger partial charge in [0.05, 0.1) is 12.5 Å². The summed E-state index contributed by atoms with van der Waals surface area (Å²) in [5.41, 5.74) is 0. The molecule has 1 aliphatic heterocycles. The predicted octanol–water partition coefficient (Wildman–Crippen LogP) is 1.42. The average Bonchev–Trinajstić information content (AvgIpc) is 2.87. The lowest BCUT2D eigenvalue weighted by Crippen LogP contribution is -2.46. The number of carboxylic acids is 1. The molecule has 2 atom stereocenters. The second-order valence-electron chi connectivity index (χ2n) is 5.19. The Morgan fingerprint density at radius 1 is 1.52 bits per heavy atom. The minimum Gasteiger partial charge on any atom is -0.481 e. The fourth-order valence-electron chi connectivity index (χ4n) is 2.40. The Morgan fingerprint density at radius 3 is 2.86 bits per heavy atom. The summed E-state index contributed by atoms with van der Waals surface area (Å²) in [6, 6.07) is 3.05. The Balaban J connectivity index is 2.18. The topological polar surface area (TPSA) is 83.9 Å². The van der Waals surface area contributed by atoms with Crippen molar-refractivity contribution in [1.29, 1.82) is 0 Å². The van der Waals surface area contributed by atoms with Gasteiger partial charge in [-0.1, -0.05) is 6.92 Å². The number of hydrogen-bond donors (Lipinski definition) is 1. The van der Waals surface area contributed by atoms with Gasteiger partial charge < -0.3 is 9.84 Å². The molecule has 2 rings (SSSR count). The van der Waals surface area contributed by atoms with Gasteiger partial charge in [0.1, 0.15) is 4.21 Å². The molecule has 118 valence electrons. The van der Waals surface area contributed by atoms with Crippen molar-refractivity contribution >= 4 is 27.3 Å². The Morgan fingerprint density at radius 2 is 2.24 bits per heavy atom. The van der Waals surface area contributed by atoms with Crippen LogP contribution in [0.2, 0.25) is 0 Å². The molecule has 0 aliphatic carbocycles. The van der Waals surface area contributed by atoms with E-state index in [1.165, 1.54) is 10.4 Å². The molecule has 0 radical (unpaired) electrons. The summed E-state index contributed by atoms with van der Waals surface area (Å²) in [5.74, 6) is -0.639. The van der Waals surface area contributed by atoms with E-state index in [4.69, 9.17) is 9.84 Å². The quantitative estimate of drug-likeness (QED) is 0.881. The number of sulfonamides is 1. The van der Waals surface area contributed by atoms with Crippen molar-refractivity contribution in [2.45, 2.75) is 30.1 Å². The number of ether oxygens (including phenoxy) is 1. The maximum absolute atomic E-state index is 12.6. The van der Waals surface area contributed by atoms with Crippen LogP contribution in [0, 0.1) is 5.92 Å². The maximum atomic E-state index is 12.6. The molecule has 6 nitrogen and oxygen atoms in total. The van der Waals surface area contributed by atoms with Gasteiger partial charge in [0.15, 0.2) is 0 Å². The molecule has 1 N–H and O–H groups in total. The lowest BCUT2D eigenvalue weighted by Gasteiger charge is -2.35. The van der Waals surface area contributed by atoms with Gasteiger partial charge in [-0.25, -0.2) is 8.42 Å². The van der Waals surface area contributed by atoms with Crippen molar-refractivity contribution in [3.05, 3.63) is 17.0 Å². The molecule has 1 aromatic heterocycles. The van der Waals surface area contributed by atoms with Crippen LogP contribution < -0.4 is 0 Å². The fourth-order valence-corrected chi connectivity index (χ4v) is 5.37. The van der Waals surface area contributed by atoms with Gasteiger partial charge in [0.2, 0.25) is 0 Å². The summed E-state index contributed by atoms with van der Waals surface area (Å²) in [7, 11) is -1.97. The molecular formula is C13H19NO5S2. The number of hydrogen-bond acceptors (Lipinski definition) is 5. The highest BCUT2D eigenvalue weighted by atomic mass is 32.2. The van der Waals surface area contributed by atoms with E-state index in [2.05, 4.69) is 0 Å². The predicted molar refractivity (Wildman–Crippen MR) is 79.0 cm³/mol. The molecule has 0 spiro atoms. The number of piperidine rings is 1. The molecule has 2 heterocycles. The van der Waals surface area contributed by atoms with E-state index in [1.807, 2.05) is 6.92 Å². The van der Waals surface area contributed by atoms with Crippen LogP contribution in [0.1, 0.15) is 18.2 Å². The first-order valence-electron chi connectivity index (χ1n) is 6.68. The van der Waals surface area contributed by atoms with Crippen LogP contribution in [0.3, 0.4) is 0 Å². The minimum atomic E-state index is -3.56. The van der Waals surface area contributed by atoms with Crippen LogP contribution in [0.15, 0.2) is 16.3 Å². The SMILES string of the molecule is COC1CN(S(=O)(=O)c2ccc(CC(=O)O)s2)CCC1C. The van der Waals surface area contributed by atoms with Crippen LogP contribution >= 0.6 is 11.3 Å². The van der Waals surface area contributed by atoms with Crippen molar-refractivity contribution in [2.75, 3.05) is 20.2 Å². The summed E-state index contributed by atoms with van der Waals surface area (Å²) in [5, 5.41) is 8.75. The van der Waals surface area contributed by atoms with Crippen LogP contribution in [0.4, 0.5) is 0 Å². The number of nitrogens with zero attached hydrogens (tertiary/aromatic N) is 1. The molecule has 21 heavy (non-hydrogen) atoms. The number of aliphatic carboxylic acids is 1. The Hall–Kier alpha value is -0.960. The molecule has 0 saturated carbocycles. The van der Waals surface area contributed by atoms with Crippen LogP contribution in [-0.4, -0.2) is 50.1 Å². The van der Waals surface area contributed by atoms with Gasteiger partial charge in [-0.3, -0.25) is 4.79 Å². The molecular weight excluding hydrogens is 314 g/mol. The standard InChI is InChI=1S/C13H19NO5S2/c1-9-5-6-14(8-11(9)19-2)21(17,18)13-4-3-10(20-13)7-12(15)16/h3-4,9,11H,5-8H2,1-2H3,(H,15,16). The van der Waals surface area contributed by atoms with Crippen molar-refractivity contribution in [3.63, 3.8) is 0 Å². The van der Waals surface area contributed by atoms with E-state index in [-0.39, 0.29) is 16.7 Å². The van der Waals surface area contributed by atoms with Gasteiger partial charge in [-0.15, -0.1) is 11.3 Å². The Bertz CT molecular complexity index is 610. The third-order valence-corrected chi connectivity index (χ3v) is 7.13. The van der Waals surface area contributed by atoms with E-state index in [0.29, 0.717) is 23.9 Å². The zero-order chi connectivity index (χ0) is 15.6. The van der Waals surface area contributed by atoms with Gasteiger partial charge in [0.25, 0.3) is 10.0 Å². The zero-order valence-corrected chi connectivity index (χ0v) is 13.6. The number of thiophene rings is 1. The smallest absolute Gasteiger partial charge is 0.308 e. The third kappa shape index (κ3) is 3.63. The summed E-state index contributed by atoms with van der Waals surface area (Å²) < 4.78 is 32.1. The van der Waals surface area contributed by atoms with E-state index in [9.17, 15) is 13.2 Å². The molecule has 1 saturated heterocycles. The van der Waals surface area contributed by atoms with Gasteiger partial charge >= 0.3 is 5.97 Å². The number of carbonyl (C=O) groups is 1. The highest BCUT2D eigenvalue weighted by Gasteiger charge is 2.34. The van der Waals surface area contributed by atoms with E-state index >= 15 is 0 Å². The molecule has 0 bridgehead atoms. The molecule has 0 amide bonds. The summed E-state index contributed by atoms with van der Waals surface area (Å²) in [6.45, 7) is 2.86. The van der Waals surface area contributed by atoms with Crippen LogP contribution in [0.5, 0.6) is 0 Å². The highest BCUT2D eigenvalue weighted by molar-refractivity contribution is 7.91. The van der Waals surface area contributed by atoms with Crippen LogP contribution in [0.25, 0.3) is 0 Å². The Labute approximate surface area is 128 Å². The third-order valence-electron chi connectivity index (χ3n) is 3.71. The molecule has 1 aromatic rings. The van der Waals surface area contributed by atoms with E-state index in [0.717, 1.165) is 17.8 Å². The molecule has 1 fully saturated rings. The second-order valence-corrected chi connectivity index (χ2v) is 8.53. The lowest BCUT2D eigenvalue weighted by atomic mass is 9.97. The highest BCUT2D eigenvalue weighted by Crippen LogP contribution is 2.29. The Kier molecular flexibility index (Phi) is 5.03. The van der Waals surface area contributed by atoms with Crippen molar-refractivity contribution in [2.24, 2.45) is 5.92 Å². The summed E-state index contributed by atoms with van der Waals surface area (Å²) >= 11 is 1.02. The lowest BCUT2D eigenvalue weighted by molar-refractivity contribution is -0.136. The molecule has 8 heteroatoms. The first-order chi connectivity index (χ1) is 9.84. The van der Waals surface area contributed by atoms with Gasteiger partial charge in [0, 0.05) is 25.1 Å². The van der Waals surface area contributed by atoms with Crippen LogP contribution in [-0.2, 0) is 26.0 Å². The first-order valence-corrected chi connectivity index (χ1v) is 8.93. The minimum absolute atomic E-state index is 0.105. The zero-order valence-electron chi connectivity index (χ0n) is 12.0. The fraction of sp³-hybridized carbons (Fsp3) is 0.615. The second kappa shape index (κ2) is 6.43. The summed E-state index contributed by atoms with van der Waals surface area (Å²) in [4.78, 5) is 11.2. The van der Waals surface area contributed by atoms with Gasteiger partial charge in [-0.05, 0) is 24.5 Å². The van der Waals surface area contributed by atoms with Crippen molar-refractivity contribution in [1.82, 2.24) is 4.31 Å². The number of rotatable bonds is 5. The number of methoxy groups -OCH3 is 1. The van der Waals surface area contributed by atoms with Crippen molar-refractivity contribution in [3.8, 4) is 0 Å². The summed E-state index contributed by atoms with van der Waals surface area (Å²) in [6.07, 6.45) is 0.496. The van der Waals surface area contributed by atoms with E-state index < -0.39 is 16.0 Å². The normalized spacial score (nSPS) is 24.1. The largest absolute Gasteiger partial charge is 0.481 e. The monoisotopic (exact) mass is 333 g/mol. The molecule has 2 unspecified atom stereocenters. The van der Waals surface area contributed by atoms with Gasteiger partial charge in [-0.2, -0.15) is 4.31 Å². The number of carboxylic acid groups (broad SMARTS) is 1. The van der Waals surface area contributed by atoms with Crippen molar-refractivity contribution < 1.29 is 23.1 Å². The average molecular weight is 333 g/mol. The van der Waals surface area contributed by atoms with E-state index in [1.54, 1.807) is 13.2 Å². The molecule has 1 aliphatic rings. The first kappa shape index (κ1) is 16.4. The molecule has 0 aromatic carbocycles. The maximum Gasteiger partial charge on any atom is 0.308 e.